The molecule has 20 heavy (non-hydrogen) atoms. The molecule has 0 heterocycles. The van der Waals surface area contributed by atoms with E-state index in [1.54, 1.807) is 25.3 Å². The fourth-order valence-corrected chi connectivity index (χ4v) is 2.69. The van der Waals surface area contributed by atoms with Crippen molar-refractivity contribution in [3.8, 4) is 5.75 Å². The molecular weight excluding hydrogens is 252 g/mol. The van der Waals surface area contributed by atoms with Crippen molar-refractivity contribution in [2.75, 3.05) is 12.8 Å². The van der Waals surface area contributed by atoms with E-state index in [4.69, 9.17) is 10.5 Å². The van der Waals surface area contributed by atoms with Gasteiger partial charge in [0, 0.05) is 11.6 Å². The topological polar surface area (TPSA) is 64.3 Å². The number of benzene rings is 1. The highest BCUT2D eigenvalue weighted by molar-refractivity contribution is 5.95. The third-order valence-corrected chi connectivity index (χ3v) is 4.17. The molecule has 0 spiro atoms. The van der Waals surface area contributed by atoms with Crippen LogP contribution in [-0.4, -0.2) is 19.1 Å². The summed E-state index contributed by atoms with van der Waals surface area (Å²) in [7, 11) is 1.56. The molecule has 1 aromatic carbocycles. The monoisotopic (exact) mass is 276 g/mol. The predicted octanol–water partition coefficient (Wildman–Crippen LogP) is 2.98. The Hall–Kier alpha value is -1.71. The molecule has 110 valence electrons. The van der Waals surface area contributed by atoms with Crippen molar-refractivity contribution in [1.29, 1.82) is 0 Å². The predicted molar refractivity (Wildman–Crippen MR) is 80.9 cm³/mol. The Kier molecular flexibility index (Phi) is 4.21. The van der Waals surface area contributed by atoms with Gasteiger partial charge in [-0.2, -0.15) is 0 Å². The van der Waals surface area contributed by atoms with E-state index in [2.05, 4.69) is 19.2 Å². The van der Waals surface area contributed by atoms with Gasteiger partial charge in [0.1, 0.15) is 5.75 Å². The molecule has 1 saturated carbocycles. The number of ether oxygens (including phenoxy) is 1. The smallest absolute Gasteiger partial charge is 0.251 e. The molecule has 0 aliphatic heterocycles. The minimum absolute atomic E-state index is 0.0518. The van der Waals surface area contributed by atoms with Crippen molar-refractivity contribution in [3.05, 3.63) is 23.8 Å². The molecular formula is C16H24N2O2. The molecule has 4 heteroatoms. The minimum Gasteiger partial charge on any atom is -0.495 e. The molecule has 1 aliphatic carbocycles. The molecule has 1 aromatic rings. The Morgan fingerprint density at radius 1 is 1.35 bits per heavy atom. The molecule has 1 aliphatic rings. The lowest BCUT2D eigenvalue weighted by molar-refractivity contribution is 0.0909. The summed E-state index contributed by atoms with van der Waals surface area (Å²) in [4.78, 5) is 12.2. The van der Waals surface area contributed by atoms with E-state index in [1.807, 2.05) is 0 Å². The van der Waals surface area contributed by atoms with E-state index in [0.29, 0.717) is 22.4 Å². The largest absolute Gasteiger partial charge is 0.495 e. The highest BCUT2D eigenvalue weighted by Crippen LogP contribution is 2.35. The summed E-state index contributed by atoms with van der Waals surface area (Å²) in [6.07, 6.45) is 4.40. The van der Waals surface area contributed by atoms with Crippen LogP contribution in [0.15, 0.2) is 18.2 Å². The zero-order valence-corrected chi connectivity index (χ0v) is 12.5. The number of hydrogen-bond donors (Lipinski definition) is 2. The molecule has 1 fully saturated rings. The average molecular weight is 276 g/mol. The van der Waals surface area contributed by atoms with Crippen LogP contribution in [0.25, 0.3) is 0 Å². The van der Waals surface area contributed by atoms with Gasteiger partial charge in [-0.1, -0.05) is 13.8 Å². The van der Waals surface area contributed by atoms with Gasteiger partial charge >= 0.3 is 0 Å². The van der Waals surface area contributed by atoms with Gasteiger partial charge in [0.15, 0.2) is 0 Å². The molecule has 0 radical (unpaired) electrons. The number of hydrogen-bond acceptors (Lipinski definition) is 3. The molecule has 2 rings (SSSR count). The summed E-state index contributed by atoms with van der Waals surface area (Å²) >= 11 is 0. The Labute approximate surface area is 120 Å². The second-order valence-electron chi connectivity index (χ2n) is 6.37. The van der Waals surface area contributed by atoms with Crippen molar-refractivity contribution < 1.29 is 9.53 Å². The second-order valence-corrected chi connectivity index (χ2v) is 6.37. The molecule has 0 atom stereocenters. The second kappa shape index (κ2) is 5.73. The van der Waals surface area contributed by atoms with E-state index >= 15 is 0 Å². The minimum atomic E-state index is -0.0518. The number of carbonyl (C=O) groups is 1. The van der Waals surface area contributed by atoms with Crippen LogP contribution in [0.1, 0.15) is 49.9 Å². The molecule has 0 bridgehead atoms. The van der Waals surface area contributed by atoms with Crippen LogP contribution in [0.3, 0.4) is 0 Å². The molecule has 0 unspecified atom stereocenters. The van der Waals surface area contributed by atoms with Crippen molar-refractivity contribution >= 4 is 11.6 Å². The third-order valence-electron chi connectivity index (χ3n) is 4.17. The van der Waals surface area contributed by atoms with Crippen LogP contribution < -0.4 is 15.8 Å². The lowest BCUT2D eigenvalue weighted by Crippen LogP contribution is -2.39. The highest BCUT2D eigenvalue weighted by Gasteiger charge is 2.27. The number of anilines is 1. The number of nitrogens with one attached hydrogen (secondary N) is 1. The van der Waals surface area contributed by atoms with Gasteiger partial charge in [-0.25, -0.2) is 0 Å². The molecule has 4 nitrogen and oxygen atoms in total. The number of carbonyl (C=O) groups excluding carboxylic acids is 1. The lowest BCUT2D eigenvalue weighted by atomic mass is 9.75. The fraction of sp³-hybridized carbons (Fsp3) is 0.562. The number of rotatable bonds is 3. The van der Waals surface area contributed by atoms with Crippen LogP contribution in [0.2, 0.25) is 0 Å². The summed E-state index contributed by atoms with van der Waals surface area (Å²) in [6.45, 7) is 4.57. The first-order valence-corrected chi connectivity index (χ1v) is 7.16. The summed E-state index contributed by atoms with van der Waals surface area (Å²) in [5, 5.41) is 3.10. The third kappa shape index (κ3) is 3.44. The van der Waals surface area contributed by atoms with E-state index < -0.39 is 0 Å². The number of nitrogen functional groups attached to an aromatic ring is 1. The first-order chi connectivity index (χ1) is 9.41. The van der Waals surface area contributed by atoms with Gasteiger partial charge in [-0.05, 0) is 49.3 Å². The number of nitrogens with two attached hydrogens (primary N) is 1. The normalized spacial score (nSPS) is 18.6. The quantitative estimate of drug-likeness (QED) is 0.834. The Bertz CT molecular complexity index is 487. The van der Waals surface area contributed by atoms with E-state index in [0.717, 1.165) is 25.7 Å². The zero-order chi connectivity index (χ0) is 14.8. The van der Waals surface area contributed by atoms with Crippen molar-refractivity contribution in [2.45, 2.75) is 45.6 Å². The van der Waals surface area contributed by atoms with Gasteiger partial charge in [-0.3, -0.25) is 4.79 Å². The van der Waals surface area contributed by atoms with Gasteiger partial charge in [0.25, 0.3) is 5.91 Å². The van der Waals surface area contributed by atoms with E-state index in [1.165, 1.54) is 0 Å². The molecule has 0 aromatic heterocycles. The first-order valence-electron chi connectivity index (χ1n) is 7.16. The van der Waals surface area contributed by atoms with E-state index in [9.17, 15) is 4.79 Å². The van der Waals surface area contributed by atoms with Gasteiger partial charge in [-0.15, -0.1) is 0 Å². The molecule has 3 N–H and O–H groups in total. The Morgan fingerprint density at radius 2 is 2.00 bits per heavy atom. The Morgan fingerprint density at radius 3 is 2.55 bits per heavy atom. The summed E-state index contributed by atoms with van der Waals surface area (Å²) in [5.41, 5.74) is 7.32. The summed E-state index contributed by atoms with van der Waals surface area (Å²) < 4.78 is 5.10. The van der Waals surface area contributed by atoms with Crippen LogP contribution in [-0.2, 0) is 0 Å². The maximum atomic E-state index is 12.2. The number of methoxy groups -OCH3 is 1. The zero-order valence-electron chi connectivity index (χ0n) is 12.5. The summed E-state index contributed by atoms with van der Waals surface area (Å²) in [6, 6.07) is 5.42. The van der Waals surface area contributed by atoms with Gasteiger partial charge in [0.05, 0.1) is 12.8 Å². The van der Waals surface area contributed by atoms with Crippen LogP contribution in [0.4, 0.5) is 5.69 Å². The van der Waals surface area contributed by atoms with Crippen LogP contribution >= 0.6 is 0 Å². The van der Waals surface area contributed by atoms with E-state index in [-0.39, 0.29) is 11.9 Å². The van der Waals surface area contributed by atoms with Crippen molar-refractivity contribution in [1.82, 2.24) is 5.32 Å². The Balaban J connectivity index is 1.97. The SMILES string of the molecule is COc1ccc(C(=O)NC2CCC(C)(C)CC2)cc1N. The molecule has 0 saturated heterocycles. The van der Waals surface area contributed by atoms with Crippen LogP contribution in [0.5, 0.6) is 5.75 Å². The highest BCUT2D eigenvalue weighted by atomic mass is 16.5. The maximum Gasteiger partial charge on any atom is 0.251 e. The average Bonchev–Trinajstić information content (AvgIpc) is 2.41. The van der Waals surface area contributed by atoms with Crippen molar-refractivity contribution in [3.63, 3.8) is 0 Å². The van der Waals surface area contributed by atoms with Gasteiger partial charge in [0.2, 0.25) is 0 Å². The molecule has 1 amide bonds. The fourth-order valence-electron chi connectivity index (χ4n) is 2.69. The van der Waals surface area contributed by atoms with Crippen LogP contribution in [0, 0.1) is 5.41 Å². The standard InChI is InChI=1S/C16H24N2O2/c1-16(2)8-6-12(7-9-16)18-15(19)11-4-5-14(20-3)13(17)10-11/h4-5,10,12H,6-9,17H2,1-3H3,(H,18,19). The lowest BCUT2D eigenvalue weighted by Gasteiger charge is -2.34. The van der Waals surface area contributed by atoms with Gasteiger partial charge < -0.3 is 15.8 Å². The summed E-state index contributed by atoms with van der Waals surface area (Å²) in [5.74, 6) is 0.546. The number of amides is 1. The first kappa shape index (κ1) is 14.7. The van der Waals surface area contributed by atoms with Crippen molar-refractivity contribution in [2.24, 2.45) is 5.41 Å². The maximum absolute atomic E-state index is 12.2.